The first kappa shape index (κ1) is 18.5. The van der Waals surface area contributed by atoms with Crippen molar-refractivity contribution >= 4 is 50.5 Å². The molecule has 0 bridgehead atoms. The molecule has 26 heavy (non-hydrogen) atoms. The Balaban J connectivity index is 1.65. The van der Waals surface area contributed by atoms with Gasteiger partial charge in [0.25, 0.3) is 5.91 Å². The smallest absolute Gasteiger partial charge is 0.257 e. The third kappa shape index (κ3) is 4.26. The zero-order valence-electron chi connectivity index (χ0n) is 15.2. The van der Waals surface area contributed by atoms with E-state index in [0.29, 0.717) is 5.56 Å². The maximum absolute atomic E-state index is 12.4. The highest BCUT2D eigenvalue weighted by molar-refractivity contribution is 7.80. The summed E-state index contributed by atoms with van der Waals surface area (Å²) in [6, 6.07) is 13.4. The van der Waals surface area contributed by atoms with E-state index in [4.69, 9.17) is 12.2 Å². The van der Waals surface area contributed by atoms with E-state index in [1.807, 2.05) is 49.4 Å². The zero-order chi connectivity index (χ0) is 18.9. The standard InChI is InChI=1S/C20H21N3OS2/c1-12-21-16-10-9-15(11-17(16)26-12)22-19(25)23-18(24)13-5-7-14(8-6-13)20(2,3)4/h5-11H,1-4H3,(H2,22,23,24,25). The Bertz CT molecular complexity index is 969. The quantitative estimate of drug-likeness (QED) is 0.610. The molecule has 1 heterocycles. The average Bonchev–Trinajstić information content (AvgIpc) is 2.93. The zero-order valence-corrected chi connectivity index (χ0v) is 16.8. The molecule has 0 spiro atoms. The molecule has 0 atom stereocenters. The summed E-state index contributed by atoms with van der Waals surface area (Å²) in [5, 5.41) is 7.08. The normalized spacial score (nSPS) is 11.4. The van der Waals surface area contributed by atoms with Crippen LogP contribution in [-0.4, -0.2) is 16.0 Å². The van der Waals surface area contributed by atoms with Gasteiger partial charge in [-0.05, 0) is 60.5 Å². The summed E-state index contributed by atoms with van der Waals surface area (Å²) < 4.78 is 1.08. The van der Waals surface area contributed by atoms with Crippen LogP contribution in [0.15, 0.2) is 42.5 Å². The average molecular weight is 384 g/mol. The molecule has 0 unspecified atom stereocenters. The summed E-state index contributed by atoms with van der Waals surface area (Å²) in [6.07, 6.45) is 0. The fraction of sp³-hybridized carbons (Fsp3) is 0.250. The van der Waals surface area contributed by atoms with Gasteiger partial charge in [0, 0.05) is 11.3 Å². The Kier molecular flexibility index (Phi) is 5.07. The number of fused-ring (bicyclic) bond motifs is 1. The maximum Gasteiger partial charge on any atom is 0.257 e. The van der Waals surface area contributed by atoms with E-state index >= 15 is 0 Å². The van der Waals surface area contributed by atoms with E-state index in [-0.39, 0.29) is 16.4 Å². The number of hydrogen-bond donors (Lipinski definition) is 2. The lowest BCUT2D eigenvalue weighted by molar-refractivity contribution is 0.0977. The molecule has 2 aromatic carbocycles. The van der Waals surface area contributed by atoms with E-state index in [2.05, 4.69) is 36.4 Å². The van der Waals surface area contributed by atoms with Crippen molar-refractivity contribution < 1.29 is 4.79 Å². The SMILES string of the molecule is Cc1nc2ccc(NC(=S)NC(=O)c3ccc(C(C)(C)C)cc3)cc2s1. The van der Waals surface area contributed by atoms with Crippen LogP contribution >= 0.6 is 23.6 Å². The maximum atomic E-state index is 12.4. The Hall–Kier alpha value is -2.31. The predicted molar refractivity (Wildman–Crippen MR) is 113 cm³/mol. The predicted octanol–water partition coefficient (Wildman–Crippen LogP) is 5.03. The van der Waals surface area contributed by atoms with Gasteiger partial charge in [-0.25, -0.2) is 4.98 Å². The van der Waals surface area contributed by atoms with E-state index in [0.717, 1.165) is 20.9 Å². The van der Waals surface area contributed by atoms with Crippen LogP contribution in [-0.2, 0) is 5.41 Å². The van der Waals surface area contributed by atoms with Crippen LogP contribution in [0, 0.1) is 6.92 Å². The molecule has 2 N–H and O–H groups in total. The van der Waals surface area contributed by atoms with Crippen LogP contribution in [0.1, 0.15) is 41.7 Å². The molecule has 1 aromatic heterocycles. The largest absolute Gasteiger partial charge is 0.332 e. The Labute approximate surface area is 162 Å². The van der Waals surface area contributed by atoms with E-state index in [9.17, 15) is 4.79 Å². The Morgan fingerprint density at radius 1 is 1.12 bits per heavy atom. The van der Waals surface area contributed by atoms with Crippen molar-refractivity contribution in [3.05, 3.63) is 58.6 Å². The number of carbonyl (C=O) groups is 1. The van der Waals surface area contributed by atoms with Gasteiger partial charge in [-0.15, -0.1) is 11.3 Å². The summed E-state index contributed by atoms with van der Waals surface area (Å²) in [6.45, 7) is 8.40. The monoisotopic (exact) mass is 383 g/mol. The third-order valence-electron chi connectivity index (χ3n) is 3.99. The third-order valence-corrected chi connectivity index (χ3v) is 5.13. The minimum absolute atomic E-state index is 0.0551. The fourth-order valence-corrected chi connectivity index (χ4v) is 3.65. The van der Waals surface area contributed by atoms with Gasteiger partial charge in [-0.3, -0.25) is 10.1 Å². The van der Waals surface area contributed by atoms with Crippen molar-refractivity contribution in [2.24, 2.45) is 0 Å². The number of nitrogens with zero attached hydrogens (tertiary/aromatic N) is 1. The van der Waals surface area contributed by atoms with Gasteiger partial charge in [0.15, 0.2) is 5.11 Å². The number of nitrogens with one attached hydrogen (secondary N) is 2. The molecule has 6 heteroatoms. The van der Waals surface area contributed by atoms with Crippen molar-refractivity contribution in [2.75, 3.05) is 5.32 Å². The van der Waals surface area contributed by atoms with Crippen LogP contribution in [0.2, 0.25) is 0 Å². The number of aromatic nitrogens is 1. The first-order valence-corrected chi connectivity index (χ1v) is 9.55. The molecule has 0 aliphatic heterocycles. The van der Waals surface area contributed by atoms with Gasteiger partial charge in [0.05, 0.1) is 15.2 Å². The van der Waals surface area contributed by atoms with E-state index < -0.39 is 0 Å². The molecule has 0 radical (unpaired) electrons. The van der Waals surface area contributed by atoms with Crippen LogP contribution in [0.25, 0.3) is 10.2 Å². The van der Waals surface area contributed by atoms with Gasteiger partial charge < -0.3 is 5.32 Å². The molecular formula is C20H21N3OS2. The fourth-order valence-electron chi connectivity index (χ4n) is 2.58. The number of thiocarbonyl (C=S) groups is 1. The van der Waals surface area contributed by atoms with Crippen LogP contribution < -0.4 is 10.6 Å². The highest BCUT2D eigenvalue weighted by atomic mass is 32.1. The van der Waals surface area contributed by atoms with Crippen LogP contribution in [0.4, 0.5) is 5.69 Å². The molecule has 134 valence electrons. The first-order chi connectivity index (χ1) is 12.2. The van der Waals surface area contributed by atoms with Gasteiger partial charge in [-0.1, -0.05) is 32.9 Å². The number of anilines is 1. The number of thiazole rings is 1. The molecule has 1 amide bonds. The number of amides is 1. The molecule has 0 fully saturated rings. The number of hydrogen-bond acceptors (Lipinski definition) is 4. The minimum atomic E-state index is -0.224. The second-order valence-corrected chi connectivity index (χ2v) is 8.79. The molecule has 0 saturated carbocycles. The molecule has 3 rings (SSSR count). The van der Waals surface area contributed by atoms with Crippen molar-refractivity contribution in [2.45, 2.75) is 33.1 Å². The Morgan fingerprint density at radius 3 is 2.46 bits per heavy atom. The second kappa shape index (κ2) is 7.13. The second-order valence-electron chi connectivity index (χ2n) is 7.15. The van der Waals surface area contributed by atoms with Gasteiger partial charge in [-0.2, -0.15) is 0 Å². The Morgan fingerprint density at radius 2 is 1.81 bits per heavy atom. The van der Waals surface area contributed by atoms with Crippen molar-refractivity contribution in [1.82, 2.24) is 10.3 Å². The number of rotatable bonds is 2. The molecule has 0 aliphatic carbocycles. The lowest BCUT2D eigenvalue weighted by Gasteiger charge is -2.19. The molecule has 4 nitrogen and oxygen atoms in total. The summed E-state index contributed by atoms with van der Waals surface area (Å²) >= 11 is 6.90. The summed E-state index contributed by atoms with van der Waals surface area (Å²) in [5.74, 6) is -0.224. The van der Waals surface area contributed by atoms with Crippen molar-refractivity contribution in [3.63, 3.8) is 0 Å². The number of carbonyl (C=O) groups excluding carboxylic acids is 1. The van der Waals surface area contributed by atoms with Crippen LogP contribution in [0.5, 0.6) is 0 Å². The van der Waals surface area contributed by atoms with E-state index in [1.54, 1.807) is 11.3 Å². The highest BCUT2D eigenvalue weighted by Gasteiger charge is 2.15. The summed E-state index contributed by atoms with van der Waals surface area (Å²) in [7, 11) is 0. The van der Waals surface area contributed by atoms with Gasteiger partial charge >= 0.3 is 0 Å². The summed E-state index contributed by atoms with van der Waals surface area (Å²) in [5.41, 5.74) is 3.61. The molecule has 3 aromatic rings. The number of aryl methyl sites for hydroxylation is 1. The minimum Gasteiger partial charge on any atom is -0.332 e. The lowest BCUT2D eigenvalue weighted by atomic mass is 9.87. The lowest BCUT2D eigenvalue weighted by Crippen LogP contribution is -2.34. The molecule has 0 saturated heterocycles. The molecule has 0 aliphatic rings. The van der Waals surface area contributed by atoms with Crippen molar-refractivity contribution in [1.29, 1.82) is 0 Å². The van der Waals surface area contributed by atoms with Gasteiger partial charge in [0.2, 0.25) is 0 Å². The topological polar surface area (TPSA) is 54.0 Å². The molecular weight excluding hydrogens is 362 g/mol. The first-order valence-electron chi connectivity index (χ1n) is 8.32. The summed E-state index contributed by atoms with van der Waals surface area (Å²) in [4.78, 5) is 16.8. The van der Waals surface area contributed by atoms with Crippen LogP contribution in [0.3, 0.4) is 0 Å². The van der Waals surface area contributed by atoms with Gasteiger partial charge in [0.1, 0.15) is 0 Å². The number of benzene rings is 2. The van der Waals surface area contributed by atoms with Crippen molar-refractivity contribution in [3.8, 4) is 0 Å². The highest BCUT2D eigenvalue weighted by Crippen LogP contribution is 2.25. The van der Waals surface area contributed by atoms with E-state index in [1.165, 1.54) is 5.56 Å².